The molecule has 0 heterocycles. The molecule has 102 valence electrons. The van der Waals surface area contributed by atoms with Gasteiger partial charge in [-0.05, 0) is 37.3 Å². The van der Waals surface area contributed by atoms with Gasteiger partial charge in [0.25, 0.3) is 0 Å². The average molecular weight is 270 g/mol. The molecule has 0 fully saturated rings. The minimum absolute atomic E-state index is 0.186. The Bertz CT molecular complexity index is 632. The first-order valence-corrected chi connectivity index (χ1v) is 6.24. The third kappa shape index (κ3) is 3.07. The van der Waals surface area contributed by atoms with Gasteiger partial charge < -0.3 is 10.1 Å². The summed E-state index contributed by atoms with van der Waals surface area (Å²) < 4.78 is 18.9. The molecule has 0 bridgehead atoms. The minimum atomic E-state index is -0.307. The second-order valence-corrected chi connectivity index (χ2v) is 4.44. The molecule has 1 atom stereocenters. The predicted molar refractivity (Wildman–Crippen MR) is 76.1 cm³/mol. The number of halogens is 1. The van der Waals surface area contributed by atoms with Gasteiger partial charge in [-0.25, -0.2) is 4.39 Å². The van der Waals surface area contributed by atoms with Crippen LogP contribution in [0, 0.1) is 17.1 Å². The summed E-state index contributed by atoms with van der Waals surface area (Å²) in [5.41, 5.74) is 2.00. The maximum atomic E-state index is 13.9. The Morgan fingerprint density at radius 2 is 1.90 bits per heavy atom. The van der Waals surface area contributed by atoms with Gasteiger partial charge in [-0.2, -0.15) is 5.26 Å². The van der Waals surface area contributed by atoms with E-state index in [1.165, 1.54) is 13.2 Å². The molecule has 0 spiro atoms. The number of nitriles is 1. The summed E-state index contributed by atoms with van der Waals surface area (Å²) >= 11 is 0. The van der Waals surface area contributed by atoms with Crippen molar-refractivity contribution >= 4 is 5.69 Å². The summed E-state index contributed by atoms with van der Waals surface area (Å²) in [6.45, 7) is 1.88. The maximum absolute atomic E-state index is 13.9. The van der Waals surface area contributed by atoms with Gasteiger partial charge in [0.05, 0.1) is 24.8 Å². The quantitative estimate of drug-likeness (QED) is 0.917. The Kier molecular flexibility index (Phi) is 4.21. The van der Waals surface area contributed by atoms with Crippen LogP contribution < -0.4 is 10.1 Å². The zero-order valence-electron chi connectivity index (χ0n) is 11.4. The maximum Gasteiger partial charge on any atom is 0.132 e. The standard InChI is InChI=1S/C16H15FN2O/c1-11(15-8-7-14(20-2)9-16(15)17)19-13-5-3-12(10-18)4-6-13/h3-9,11,19H,1-2H3. The van der Waals surface area contributed by atoms with E-state index in [1.54, 1.807) is 36.4 Å². The van der Waals surface area contributed by atoms with Gasteiger partial charge in [-0.15, -0.1) is 0 Å². The molecule has 0 saturated carbocycles. The molecular formula is C16H15FN2O. The minimum Gasteiger partial charge on any atom is -0.497 e. The van der Waals surface area contributed by atoms with Gasteiger partial charge in [0.15, 0.2) is 0 Å². The van der Waals surface area contributed by atoms with Crippen LogP contribution in [0.25, 0.3) is 0 Å². The lowest BCUT2D eigenvalue weighted by molar-refractivity contribution is 0.410. The fourth-order valence-electron chi connectivity index (χ4n) is 1.95. The van der Waals surface area contributed by atoms with Crippen molar-refractivity contribution < 1.29 is 9.13 Å². The van der Waals surface area contributed by atoms with E-state index in [0.29, 0.717) is 16.9 Å². The fourth-order valence-corrected chi connectivity index (χ4v) is 1.95. The summed E-state index contributed by atoms with van der Waals surface area (Å²) in [4.78, 5) is 0. The van der Waals surface area contributed by atoms with Crippen molar-refractivity contribution in [1.29, 1.82) is 5.26 Å². The lowest BCUT2D eigenvalue weighted by atomic mass is 10.1. The highest BCUT2D eigenvalue weighted by Crippen LogP contribution is 2.24. The molecule has 4 heteroatoms. The highest BCUT2D eigenvalue weighted by atomic mass is 19.1. The van der Waals surface area contributed by atoms with E-state index in [0.717, 1.165) is 5.69 Å². The van der Waals surface area contributed by atoms with E-state index in [1.807, 2.05) is 6.92 Å². The molecule has 20 heavy (non-hydrogen) atoms. The Balaban J connectivity index is 2.15. The molecule has 0 aliphatic carbocycles. The second kappa shape index (κ2) is 6.07. The van der Waals surface area contributed by atoms with Crippen LogP contribution in [-0.2, 0) is 0 Å². The summed E-state index contributed by atoms with van der Waals surface area (Å²) in [5.74, 6) is 0.190. The molecule has 3 nitrogen and oxygen atoms in total. The number of methoxy groups -OCH3 is 1. The Hall–Kier alpha value is -2.54. The smallest absolute Gasteiger partial charge is 0.132 e. The zero-order valence-corrected chi connectivity index (χ0v) is 11.4. The fraction of sp³-hybridized carbons (Fsp3) is 0.188. The molecule has 1 unspecified atom stereocenters. The monoisotopic (exact) mass is 270 g/mol. The van der Waals surface area contributed by atoms with Crippen LogP contribution in [0.15, 0.2) is 42.5 Å². The van der Waals surface area contributed by atoms with Gasteiger partial charge in [0.2, 0.25) is 0 Å². The number of rotatable bonds is 4. The normalized spacial score (nSPS) is 11.5. The van der Waals surface area contributed by atoms with Crippen LogP contribution in [0.4, 0.5) is 10.1 Å². The Labute approximate surface area is 117 Å². The molecule has 2 rings (SSSR count). The zero-order chi connectivity index (χ0) is 14.5. The summed E-state index contributed by atoms with van der Waals surface area (Å²) in [5, 5.41) is 11.9. The van der Waals surface area contributed by atoms with Crippen LogP contribution in [0.5, 0.6) is 5.75 Å². The Morgan fingerprint density at radius 3 is 2.45 bits per heavy atom. The van der Waals surface area contributed by atoms with Gasteiger partial charge >= 0.3 is 0 Å². The van der Waals surface area contributed by atoms with Crippen molar-refractivity contribution in [2.24, 2.45) is 0 Å². The van der Waals surface area contributed by atoms with E-state index in [4.69, 9.17) is 10.00 Å². The third-order valence-electron chi connectivity index (χ3n) is 3.07. The summed E-state index contributed by atoms with van der Waals surface area (Å²) in [6.07, 6.45) is 0. The first-order chi connectivity index (χ1) is 9.63. The van der Waals surface area contributed by atoms with E-state index in [2.05, 4.69) is 11.4 Å². The highest BCUT2D eigenvalue weighted by molar-refractivity contribution is 5.49. The van der Waals surface area contributed by atoms with E-state index < -0.39 is 0 Å². The molecule has 0 amide bonds. The predicted octanol–water partition coefficient (Wildman–Crippen LogP) is 3.88. The lowest BCUT2D eigenvalue weighted by Gasteiger charge is -2.17. The van der Waals surface area contributed by atoms with E-state index in [-0.39, 0.29) is 11.9 Å². The number of nitrogens with one attached hydrogen (secondary N) is 1. The number of anilines is 1. The van der Waals surface area contributed by atoms with Crippen molar-refractivity contribution in [2.75, 3.05) is 12.4 Å². The van der Waals surface area contributed by atoms with Crippen molar-refractivity contribution in [1.82, 2.24) is 0 Å². The van der Waals surface area contributed by atoms with Gasteiger partial charge in [-0.1, -0.05) is 6.07 Å². The first kappa shape index (κ1) is 13.9. The SMILES string of the molecule is COc1ccc(C(C)Nc2ccc(C#N)cc2)c(F)c1. The molecule has 0 aliphatic rings. The Morgan fingerprint density at radius 1 is 1.20 bits per heavy atom. The van der Waals surface area contributed by atoms with Gasteiger partial charge in [0.1, 0.15) is 11.6 Å². The lowest BCUT2D eigenvalue weighted by Crippen LogP contribution is -2.08. The van der Waals surface area contributed by atoms with E-state index in [9.17, 15) is 4.39 Å². The average Bonchev–Trinajstić information content (AvgIpc) is 2.47. The number of nitrogens with zero attached hydrogens (tertiary/aromatic N) is 1. The third-order valence-corrected chi connectivity index (χ3v) is 3.07. The highest BCUT2D eigenvalue weighted by Gasteiger charge is 2.11. The topological polar surface area (TPSA) is 45.0 Å². The van der Waals surface area contributed by atoms with Crippen LogP contribution in [0.2, 0.25) is 0 Å². The second-order valence-electron chi connectivity index (χ2n) is 4.44. The molecule has 0 aliphatic heterocycles. The molecule has 1 N–H and O–H groups in total. The van der Waals surface area contributed by atoms with Crippen molar-refractivity contribution in [3.63, 3.8) is 0 Å². The molecule has 0 aromatic heterocycles. The summed E-state index contributed by atoms with van der Waals surface area (Å²) in [7, 11) is 1.51. The largest absolute Gasteiger partial charge is 0.497 e. The van der Waals surface area contributed by atoms with Crippen LogP contribution in [-0.4, -0.2) is 7.11 Å². The number of hydrogen-bond acceptors (Lipinski definition) is 3. The molecule has 0 saturated heterocycles. The van der Waals surface area contributed by atoms with Crippen LogP contribution in [0.1, 0.15) is 24.1 Å². The number of ether oxygens (including phenoxy) is 1. The van der Waals surface area contributed by atoms with Crippen LogP contribution in [0.3, 0.4) is 0 Å². The van der Waals surface area contributed by atoms with Gasteiger partial charge in [0, 0.05) is 17.3 Å². The number of hydrogen-bond donors (Lipinski definition) is 1. The molecule has 0 radical (unpaired) electrons. The summed E-state index contributed by atoms with van der Waals surface area (Å²) in [6, 6.07) is 13.7. The molecule has 2 aromatic rings. The van der Waals surface area contributed by atoms with Gasteiger partial charge in [-0.3, -0.25) is 0 Å². The van der Waals surface area contributed by atoms with E-state index >= 15 is 0 Å². The van der Waals surface area contributed by atoms with Crippen molar-refractivity contribution in [3.8, 4) is 11.8 Å². The molecule has 2 aromatic carbocycles. The van der Waals surface area contributed by atoms with Crippen molar-refractivity contribution in [2.45, 2.75) is 13.0 Å². The first-order valence-electron chi connectivity index (χ1n) is 6.24. The van der Waals surface area contributed by atoms with Crippen molar-refractivity contribution in [3.05, 3.63) is 59.4 Å². The van der Waals surface area contributed by atoms with Crippen LogP contribution >= 0.6 is 0 Å². The molecular weight excluding hydrogens is 255 g/mol. The number of benzene rings is 2.